The molecule has 1 aromatic heterocycles. The van der Waals surface area contributed by atoms with E-state index in [-0.39, 0.29) is 5.91 Å². The number of anilines is 2. The van der Waals surface area contributed by atoms with Crippen LogP contribution in [0.15, 0.2) is 36.7 Å². The fourth-order valence-electron chi connectivity index (χ4n) is 2.53. The Labute approximate surface area is 123 Å². The molecule has 0 aliphatic carbocycles. The highest BCUT2D eigenvalue weighted by atomic mass is 16.2. The van der Waals surface area contributed by atoms with Gasteiger partial charge in [-0.3, -0.25) is 15.0 Å². The maximum absolute atomic E-state index is 12.0. The van der Waals surface area contributed by atoms with Crippen LogP contribution >= 0.6 is 0 Å². The van der Waals surface area contributed by atoms with Crippen LogP contribution in [0.5, 0.6) is 0 Å². The largest absolute Gasteiger partial charge is 0.398 e. The predicted octanol–water partition coefficient (Wildman–Crippen LogP) is 1.06. The van der Waals surface area contributed by atoms with Crippen LogP contribution in [-0.2, 0) is 17.8 Å². The first kappa shape index (κ1) is 13.5. The van der Waals surface area contributed by atoms with Gasteiger partial charge in [0.15, 0.2) is 0 Å². The first-order valence-corrected chi connectivity index (χ1v) is 6.88. The summed E-state index contributed by atoms with van der Waals surface area (Å²) in [4.78, 5) is 22.1. The summed E-state index contributed by atoms with van der Waals surface area (Å²) >= 11 is 0. The standard InChI is InChI=1S/C15H17N5O/c16-13-4-1-3-11-5-8-20(9-12(11)13)10-14(21)19-15-17-6-2-7-18-15/h1-4,6-7H,5,8-10,16H2,(H,17,18,19,21). The van der Waals surface area contributed by atoms with E-state index in [0.717, 1.165) is 24.2 Å². The Morgan fingerprint density at radius 2 is 2.10 bits per heavy atom. The molecule has 1 aromatic carbocycles. The van der Waals surface area contributed by atoms with Crippen molar-refractivity contribution in [2.45, 2.75) is 13.0 Å². The number of fused-ring (bicyclic) bond motifs is 1. The molecule has 1 amide bonds. The topological polar surface area (TPSA) is 84.1 Å². The number of amides is 1. The second kappa shape index (κ2) is 5.88. The van der Waals surface area contributed by atoms with Crippen LogP contribution in [0.1, 0.15) is 11.1 Å². The normalized spacial score (nSPS) is 14.5. The number of nitrogens with two attached hydrogens (primary N) is 1. The molecule has 1 aliphatic heterocycles. The number of nitrogens with zero attached hydrogens (tertiary/aromatic N) is 3. The summed E-state index contributed by atoms with van der Waals surface area (Å²) in [6.07, 6.45) is 4.11. The summed E-state index contributed by atoms with van der Waals surface area (Å²) in [5, 5.41) is 2.69. The molecule has 3 rings (SSSR count). The molecule has 0 atom stereocenters. The van der Waals surface area contributed by atoms with Crippen LogP contribution in [0.2, 0.25) is 0 Å². The molecule has 108 valence electrons. The van der Waals surface area contributed by atoms with E-state index < -0.39 is 0 Å². The zero-order valence-electron chi connectivity index (χ0n) is 11.6. The summed E-state index contributed by atoms with van der Waals surface area (Å²) in [7, 11) is 0. The number of hydrogen-bond donors (Lipinski definition) is 2. The molecule has 0 spiro atoms. The Morgan fingerprint density at radius 3 is 2.90 bits per heavy atom. The highest BCUT2D eigenvalue weighted by Crippen LogP contribution is 2.23. The summed E-state index contributed by atoms with van der Waals surface area (Å²) in [5.41, 5.74) is 9.21. The van der Waals surface area contributed by atoms with Gasteiger partial charge in [0.05, 0.1) is 6.54 Å². The molecule has 6 nitrogen and oxygen atoms in total. The number of hydrogen-bond acceptors (Lipinski definition) is 5. The van der Waals surface area contributed by atoms with E-state index in [2.05, 4.69) is 26.3 Å². The maximum atomic E-state index is 12.0. The zero-order chi connectivity index (χ0) is 14.7. The van der Waals surface area contributed by atoms with E-state index >= 15 is 0 Å². The molecule has 2 aromatic rings. The molecule has 0 unspecified atom stereocenters. The van der Waals surface area contributed by atoms with Crippen molar-refractivity contribution >= 4 is 17.5 Å². The van der Waals surface area contributed by atoms with Gasteiger partial charge in [-0.15, -0.1) is 0 Å². The van der Waals surface area contributed by atoms with Crippen LogP contribution in [-0.4, -0.2) is 33.9 Å². The molecule has 6 heteroatoms. The van der Waals surface area contributed by atoms with Gasteiger partial charge in [0.25, 0.3) is 0 Å². The fraction of sp³-hybridized carbons (Fsp3) is 0.267. The third-order valence-electron chi connectivity index (χ3n) is 3.57. The van der Waals surface area contributed by atoms with Crippen LogP contribution in [0.25, 0.3) is 0 Å². The predicted molar refractivity (Wildman–Crippen MR) is 80.5 cm³/mol. The van der Waals surface area contributed by atoms with Crippen LogP contribution < -0.4 is 11.1 Å². The maximum Gasteiger partial charge on any atom is 0.240 e. The lowest BCUT2D eigenvalue weighted by molar-refractivity contribution is -0.117. The van der Waals surface area contributed by atoms with Crippen molar-refractivity contribution in [3.05, 3.63) is 47.8 Å². The molecule has 21 heavy (non-hydrogen) atoms. The molecule has 0 radical (unpaired) electrons. The second-order valence-electron chi connectivity index (χ2n) is 5.07. The lowest BCUT2D eigenvalue weighted by Gasteiger charge is -2.28. The number of benzene rings is 1. The smallest absolute Gasteiger partial charge is 0.240 e. The molecule has 0 fully saturated rings. The Balaban J connectivity index is 1.62. The van der Waals surface area contributed by atoms with E-state index in [1.165, 1.54) is 5.56 Å². The van der Waals surface area contributed by atoms with Gasteiger partial charge in [-0.05, 0) is 29.7 Å². The highest BCUT2D eigenvalue weighted by Gasteiger charge is 2.20. The van der Waals surface area contributed by atoms with Gasteiger partial charge in [-0.1, -0.05) is 12.1 Å². The van der Waals surface area contributed by atoms with Crippen molar-refractivity contribution in [2.24, 2.45) is 0 Å². The molecule has 1 aliphatic rings. The number of rotatable bonds is 3. The van der Waals surface area contributed by atoms with Gasteiger partial charge in [0.1, 0.15) is 0 Å². The van der Waals surface area contributed by atoms with E-state index in [1.54, 1.807) is 18.5 Å². The number of nitrogen functional groups attached to an aromatic ring is 1. The number of carbonyl (C=O) groups excluding carboxylic acids is 1. The lowest BCUT2D eigenvalue weighted by atomic mass is 9.98. The third kappa shape index (κ3) is 3.17. The quantitative estimate of drug-likeness (QED) is 0.823. The van der Waals surface area contributed by atoms with Crippen molar-refractivity contribution in [3.63, 3.8) is 0 Å². The first-order valence-electron chi connectivity index (χ1n) is 6.88. The second-order valence-corrected chi connectivity index (χ2v) is 5.07. The number of nitrogens with one attached hydrogen (secondary N) is 1. The van der Waals surface area contributed by atoms with Crippen molar-refractivity contribution in [1.29, 1.82) is 0 Å². The summed E-state index contributed by atoms with van der Waals surface area (Å²) < 4.78 is 0. The van der Waals surface area contributed by atoms with E-state index in [9.17, 15) is 4.79 Å². The summed E-state index contributed by atoms with van der Waals surface area (Å²) in [5.74, 6) is 0.221. The van der Waals surface area contributed by atoms with Gasteiger partial charge < -0.3 is 5.73 Å². The molecule has 0 saturated heterocycles. The minimum atomic E-state index is -0.112. The summed E-state index contributed by atoms with van der Waals surface area (Å²) in [6.45, 7) is 1.86. The Kier molecular flexibility index (Phi) is 3.79. The van der Waals surface area contributed by atoms with Gasteiger partial charge in [0.2, 0.25) is 11.9 Å². The minimum Gasteiger partial charge on any atom is -0.398 e. The minimum absolute atomic E-state index is 0.112. The molecular weight excluding hydrogens is 266 g/mol. The van der Waals surface area contributed by atoms with Crippen molar-refractivity contribution in [1.82, 2.24) is 14.9 Å². The molecular formula is C15H17N5O. The Hall–Kier alpha value is -2.47. The van der Waals surface area contributed by atoms with Crippen molar-refractivity contribution < 1.29 is 4.79 Å². The first-order chi connectivity index (χ1) is 10.2. The van der Waals surface area contributed by atoms with E-state index in [0.29, 0.717) is 19.0 Å². The average molecular weight is 283 g/mol. The monoisotopic (exact) mass is 283 g/mol. The Morgan fingerprint density at radius 1 is 1.29 bits per heavy atom. The van der Waals surface area contributed by atoms with Gasteiger partial charge >= 0.3 is 0 Å². The molecule has 3 N–H and O–H groups in total. The lowest BCUT2D eigenvalue weighted by Crippen LogP contribution is -2.37. The summed E-state index contributed by atoms with van der Waals surface area (Å²) in [6, 6.07) is 7.68. The molecule has 0 bridgehead atoms. The molecule has 0 saturated carbocycles. The van der Waals surface area contributed by atoms with Crippen molar-refractivity contribution in [2.75, 3.05) is 24.1 Å². The van der Waals surface area contributed by atoms with Crippen LogP contribution in [0.4, 0.5) is 11.6 Å². The van der Waals surface area contributed by atoms with Gasteiger partial charge in [-0.2, -0.15) is 0 Å². The zero-order valence-corrected chi connectivity index (χ0v) is 11.6. The SMILES string of the molecule is Nc1cccc2c1CN(CC(=O)Nc1ncccn1)CC2. The van der Waals surface area contributed by atoms with E-state index in [4.69, 9.17) is 5.73 Å². The van der Waals surface area contributed by atoms with Crippen LogP contribution in [0.3, 0.4) is 0 Å². The molecule has 2 heterocycles. The van der Waals surface area contributed by atoms with Crippen LogP contribution in [0, 0.1) is 0 Å². The average Bonchev–Trinajstić information content (AvgIpc) is 2.49. The third-order valence-corrected chi connectivity index (χ3v) is 3.57. The number of carbonyl (C=O) groups is 1. The fourth-order valence-corrected chi connectivity index (χ4v) is 2.53. The highest BCUT2D eigenvalue weighted by molar-refractivity contribution is 5.90. The van der Waals surface area contributed by atoms with Gasteiger partial charge in [0, 0.05) is 31.2 Å². The van der Waals surface area contributed by atoms with Gasteiger partial charge in [-0.25, -0.2) is 9.97 Å². The number of aromatic nitrogens is 2. The Bertz CT molecular complexity index is 644. The van der Waals surface area contributed by atoms with Crippen molar-refractivity contribution in [3.8, 4) is 0 Å². The van der Waals surface area contributed by atoms with E-state index in [1.807, 2.05) is 12.1 Å².